The van der Waals surface area contributed by atoms with Gasteiger partial charge in [0.15, 0.2) is 11.6 Å². The summed E-state index contributed by atoms with van der Waals surface area (Å²) in [6.45, 7) is 4.24. The van der Waals surface area contributed by atoms with Crippen LogP contribution in [0.4, 0.5) is 14.5 Å². The molecule has 1 aromatic carbocycles. The number of rotatable bonds is 5. The van der Waals surface area contributed by atoms with Gasteiger partial charge in [-0.3, -0.25) is 0 Å². The third-order valence-electron chi connectivity index (χ3n) is 2.92. The number of nitrogens with two attached hydrogens (primary N) is 1. The van der Waals surface area contributed by atoms with Crippen LogP contribution >= 0.6 is 0 Å². The average molecular weight is 257 g/mol. The summed E-state index contributed by atoms with van der Waals surface area (Å²) in [6, 6.07) is 1.54. The molecule has 5 heteroatoms. The molecule has 3 nitrogen and oxygen atoms in total. The molecular weight excluding hydrogens is 240 g/mol. The number of hydrogen-bond donors (Lipinski definition) is 1. The van der Waals surface area contributed by atoms with Gasteiger partial charge in [-0.05, 0) is 12.0 Å². The van der Waals surface area contributed by atoms with Crippen LogP contribution in [0.25, 0.3) is 0 Å². The van der Waals surface area contributed by atoms with Gasteiger partial charge in [0.25, 0.3) is 0 Å². The Morgan fingerprint density at radius 2 is 1.83 bits per heavy atom. The lowest BCUT2D eigenvalue weighted by Crippen LogP contribution is -2.15. The quantitative estimate of drug-likeness (QED) is 0.651. The Morgan fingerprint density at radius 1 is 1.28 bits per heavy atom. The molecule has 0 unspecified atom stereocenters. The summed E-state index contributed by atoms with van der Waals surface area (Å²) in [5.41, 5.74) is 5.19. The minimum atomic E-state index is -1.11. The average Bonchev–Trinajstić information content (AvgIpc) is 2.34. The first kappa shape index (κ1) is 14.4. The highest BCUT2D eigenvalue weighted by atomic mass is 19.2. The molecule has 0 aliphatic carbocycles. The zero-order valence-electron chi connectivity index (χ0n) is 10.5. The summed E-state index contributed by atoms with van der Waals surface area (Å²) in [5, 5.41) is 0. The molecule has 0 atom stereocenters. The van der Waals surface area contributed by atoms with E-state index in [0.29, 0.717) is 0 Å². The number of nitrogen functional groups attached to an aromatic ring is 1. The second-order valence-corrected chi connectivity index (χ2v) is 4.13. The molecule has 1 rings (SSSR count). The minimum absolute atomic E-state index is 0.122. The number of anilines is 1. The third-order valence-corrected chi connectivity index (χ3v) is 2.92. The van der Waals surface area contributed by atoms with E-state index in [9.17, 15) is 13.6 Å². The Balaban J connectivity index is 2.76. The summed E-state index contributed by atoms with van der Waals surface area (Å²) in [5.74, 6) is -2.65. The van der Waals surface area contributed by atoms with Crippen molar-refractivity contribution in [1.29, 1.82) is 0 Å². The third kappa shape index (κ3) is 3.42. The predicted molar refractivity (Wildman–Crippen MR) is 65.1 cm³/mol. The van der Waals surface area contributed by atoms with Crippen molar-refractivity contribution in [2.45, 2.75) is 26.7 Å². The van der Waals surface area contributed by atoms with Gasteiger partial charge >= 0.3 is 5.97 Å². The number of benzene rings is 1. The van der Waals surface area contributed by atoms with Crippen molar-refractivity contribution in [1.82, 2.24) is 0 Å². The second kappa shape index (κ2) is 6.33. The zero-order chi connectivity index (χ0) is 13.7. The highest BCUT2D eigenvalue weighted by Crippen LogP contribution is 2.18. The van der Waals surface area contributed by atoms with Gasteiger partial charge in [0.1, 0.15) is 0 Å². The first-order valence-corrected chi connectivity index (χ1v) is 5.91. The molecule has 0 aromatic heterocycles. The fourth-order valence-corrected chi connectivity index (χ4v) is 1.53. The van der Waals surface area contributed by atoms with Gasteiger partial charge in [-0.15, -0.1) is 0 Å². The van der Waals surface area contributed by atoms with E-state index >= 15 is 0 Å². The lowest BCUT2D eigenvalue weighted by atomic mass is 10.1. The molecular formula is C13H17F2NO2. The molecule has 0 aliphatic rings. The van der Waals surface area contributed by atoms with E-state index in [1.807, 2.05) is 13.8 Å². The molecule has 0 fully saturated rings. The van der Waals surface area contributed by atoms with Gasteiger partial charge in [-0.2, -0.15) is 0 Å². The van der Waals surface area contributed by atoms with Crippen molar-refractivity contribution >= 4 is 11.7 Å². The number of hydrogen-bond acceptors (Lipinski definition) is 3. The van der Waals surface area contributed by atoms with Crippen LogP contribution in [0.3, 0.4) is 0 Å². The fourth-order valence-electron chi connectivity index (χ4n) is 1.53. The van der Waals surface area contributed by atoms with Crippen LogP contribution in [0, 0.1) is 17.6 Å². The number of ether oxygens (including phenoxy) is 1. The molecule has 2 N–H and O–H groups in total. The Morgan fingerprint density at radius 3 is 2.39 bits per heavy atom. The van der Waals surface area contributed by atoms with Crippen LogP contribution in [-0.4, -0.2) is 12.6 Å². The Bertz CT molecular complexity index is 431. The van der Waals surface area contributed by atoms with E-state index in [4.69, 9.17) is 10.5 Å². The van der Waals surface area contributed by atoms with Gasteiger partial charge in [0.2, 0.25) is 0 Å². The monoisotopic (exact) mass is 257 g/mol. The number of carbonyl (C=O) groups is 1. The van der Waals surface area contributed by atoms with Crippen molar-refractivity contribution in [2.75, 3.05) is 12.3 Å². The summed E-state index contributed by atoms with van der Waals surface area (Å²) in [4.78, 5) is 11.7. The van der Waals surface area contributed by atoms with Gasteiger partial charge in [0.05, 0.1) is 12.2 Å². The van der Waals surface area contributed by atoms with Crippen molar-refractivity contribution in [3.8, 4) is 0 Å². The Kier molecular flexibility index (Phi) is 5.07. The normalized spacial score (nSPS) is 10.7. The summed E-state index contributed by atoms with van der Waals surface area (Å²) >= 11 is 0. The maximum atomic E-state index is 13.0. The molecule has 0 saturated carbocycles. The van der Waals surface area contributed by atoms with Crippen LogP contribution in [0.1, 0.15) is 37.0 Å². The van der Waals surface area contributed by atoms with E-state index in [1.165, 1.54) is 0 Å². The molecule has 0 heterocycles. The number of carbonyl (C=O) groups excluding carboxylic acids is 1. The summed E-state index contributed by atoms with van der Waals surface area (Å²) in [6.07, 6.45) is 1.77. The highest BCUT2D eigenvalue weighted by Gasteiger charge is 2.16. The molecule has 1 aromatic rings. The van der Waals surface area contributed by atoms with Crippen LogP contribution in [0.5, 0.6) is 0 Å². The predicted octanol–water partition coefficient (Wildman–Crippen LogP) is 3.14. The lowest BCUT2D eigenvalue weighted by molar-refractivity contribution is 0.0434. The van der Waals surface area contributed by atoms with Gasteiger partial charge in [0, 0.05) is 11.8 Å². The van der Waals surface area contributed by atoms with Crippen LogP contribution in [0.15, 0.2) is 12.1 Å². The molecule has 18 heavy (non-hydrogen) atoms. The topological polar surface area (TPSA) is 52.3 Å². The Labute approximate surface area is 105 Å². The standard InChI is InChI=1S/C13H17F2NO2/c1-3-8(4-2)7-18-13(17)9-5-10(14)11(15)6-12(9)16/h5-6,8H,3-4,7,16H2,1-2H3. The van der Waals surface area contributed by atoms with E-state index in [-0.39, 0.29) is 23.8 Å². The first-order chi connectivity index (χ1) is 8.49. The largest absolute Gasteiger partial charge is 0.462 e. The van der Waals surface area contributed by atoms with Crippen molar-refractivity contribution in [3.63, 3.8) is 0 Å². The summed E-state index contributed by atoms with van der Waals surface area (Å²) in [7, 11) is 0. The van der Waals surface area contributed by atoms with Crippen LogP contribution in [-0.2, 0) is 4.74 Å². The summed E-state index contributed by atoms with van der Waals surface area (Å²) < 4.78 is 30.9. The smallest absolute Gasteiger partial charge is 0.340 e. The van der Waals surface area contributed by atoms with Crippen molar-refractivity contribution < 1.29 is 18.3 Å². The molecule has 0 spiro atoms. The number of esters is 1. The highest BCUT2D eigenvalue weighted by molar-refractivity contribution is 5.95. The Hall–Kier alpha value is -1.65. The van der Waals surface area contributed by atoms with E-state index in [2.05, 4.69) is 0 Å². The lowest BCUT2D eigenvalue weighted by Gasteiger charge is -2.13. The zero-order valence-corrected chi connectivity index (χ0v) is 10.5. The van der Waals surface area contributed by atoms with E-state index < -0.39 is 17.6 Å². The minimum Gasteiger partial charge on any atom is -0.462 e. The van der Waals surface area contributed by atoms with Crippen molar-refractivity contribution in [2.24, 2.45) is 5.92 Å². The van der Waals surface area contributed by atoms with E-state index in [1.54, 1.807) is 0 Å². The number of halogens is 2. The maximum absolute atomic E-state index is 13.0. The molecule has 0 amide bonds. The van der Waals surface area contributed by atoms with Gasteiger partial charge < -0.3 is 10.5 Å². The van der Waals surface area contributed by atoms with Gasteiger partial charge in [-0.25, -0.2) is 13.6 Å². The SMILES string of the molecule is CCC(CC)COC(=O)c1cc(F)c(F)cc1N. The van der Waals surface area contributed by atoms with Crippen LogP contribution < -0.4 is 5.73 Å². The van der Waals surface area contributed by atoms with E-state index in [0.717, 1.165) is 25.0 Å². The molecule has 0 bridgehead atoms. The maximum Gasteiger partial charge on any atom is 0.340 e. The fraction of sp³-hybridized carbons (Fsp3) is 0.462. The molecule has 100 valence electrons. The van der Waals surface area contributed by atoms with Crippen LogP contribution in [0.2, 0.25) is 0 Å². The molecule has 0 aliphatic heterocycles. The van der Waals surface area contributed by atoms with Crippen molar-refractivity contribution in [3.05, 3.63) is 29.3 Å². The second-order valence-electron chi connectivity index (χ2n) is 4.13. The van der Waals surface area contributed by atoms with Gasteiger partial charge in [-0.1, -0.05) is 26.7 Å². The molecule has 0 radical (unpaired) electrons. The molecule has 0 saturated heterocycles. The first-order valence-electron chi connectivity index (χ1n) is 5.91.